The maximum Gasteiger partial charge on any atom is 0.416 e. The van der Waals surface area contributed by atoms with Crippen LogP contribution in [0, 0.1) is 5.82 Å². The topological polar surface area (TPSA) is 62.7 Å². The van der Waals surface area contributed by atoms with Gasteiger partial charge in [0, 0.05) is 17.5 Å². The molecule has 2 aromatic carbocycles. The number of aliphatic hydroxyl groups excluding tert-OH is 1. The van der Waals surface area contributed by atoms with Gasteiger partial charge in [-0.2, -0.15) is 0 Å². The SMILES string of the molecule is CCN(C(=O)OC(C)(C)C)c1nc2ccc(F)cc2c(CO)c1-c1ccccc1. The summed E-state index contributed by atoms with van der Waals surface area (Å²) in [4.78, 5) is 19.0. The second kappa shape index (κ2) is 8.17. The van der Waals surface area contributed by atoms with Gasteiger partial charge in [-0.25, -0.2) is 14.2 Å². The summed E-state index contributed by atoms with van der Waals surface area (Å²) in [5.74, 6) is -0.0450. The number of carbonyl (C=O) groups is 1. The second-order valence-corrected chi connectivity index (χ2v) is 7.70. The molecule has 3 rings (SSSR count). The summed E-state index contributed by atoms with van der Waals surface area (Å²) < 4.78 is 19.5. The Kier molecular flexibility index (Phi) is 5.84. The average molecular weight is 396 g/mol. The minimum atomic E-state index is -0.669. The Balaban J connectivity index is 2.32. The van der Waals surface area contributed by atoms with Gasteiger partial charge in [0.25, 0.3) is 0 Å². The van der Waals surface area contributed by atoms with Crippen LogP contribution in [0.25, 0.3) is 22.0 Å². The van der Waals surface area contributed by atoms with Crippen molar-refractivity contribution in [3.05, 3.63) is 59.9 Å². The fourth-order valence-corrected chi connectivity index (χ4v) is 3.24. The van der Waals surface area contributed by atoms with E-state index in [0.29, 0.717) is 34.4 Å². The number of nitrogens with zero attached hydrogens (tertiary/aromatic N) is 2. The quantitative estimate of drug-likeness (QED) is 0.650. The Morgan fingerprint density at radius 3 is 2.45 bits per heavy atom. The Hall–Kier alpha value is -2.99. The lowest BCUT2D eigenvalue weighted by molar-refractivity contribution is 0.0581. The van der Waals surface area contributed by atoms with E-state index in [1.165, 1.54) is 17.0 Å². The monoisotopic (exact) mass is 396 g/mol. The third-order valence-electron chi connectivity index (χ3n) is 4.44. The van der Waals surface area contributed by atoms with Crippen LogP contribution >= 0.6 is 0 Å². The molecule has 5 nitrogen and oxygen atoms in total. The first-order valence-corrected chi connectivity index (χ1v) is 9.54. The van der Waals surface area contributed by atoms with Crippen molar-refractivity contribution in [1.82, 2.24) is 4.98 Å². The third kappa shape index (κ3) is 4.38. The predicted octanol–water partition coefficient (Wildman–Crippen LogP) is 5.29. The highest BCUT2D eigenvalue weighted by atomic mass is 19.1. The lowest BCUT2D eigenvalue weighted by Gasteiger charge is -2.28. The average Bonchev–Trinajstić information content (AvgIpc) is 2.67. The number of ether oxygens (including phenoxy) is 1. The van der Waals surface area contributed by atoms with E-state index in [1.54, 1.807) is 26.8 Å². The summed E-state index contributed by atoms with van der Waals surface area (Å²) in [5.41, 5.74) is 1.69. The fraction of sp³-hybridized carbons (Fsp3) is 0.304. The molecule has 1 N–H and O–H groups in total. The number of aliphatic hydroxyl groups is 1. The lowest BCUT2D eigenvalue weighted by atomic mass is 9.96. The van der Waals surface area contributed by atoms with Crippen molar-refractivity contribution in [1.29, 1.82) is 0 Å². The molecule has 0 spiro atoms. The Morgan fingerprint density at radius 1 is 1.17 bits per heavy atom. The van der Waals surface area contributed by atoms with E-state index in [2.05, 4.69) is 4.98 Å². The minimum Gasteiger partial charge on any atom is -0.443 e. The number of amides is 1. The molecule has 152 valence electrons. The van der Waals surface area contributed by atoms with Gasteiger partial charge in [-0.3, -0.25) is 4.90 Å². The molecule has 6 heteroatoms. The highest BCUT2D eigenvalue weighted by molar-refractivity contribution is 5.99. The van der Waals surface area contributed by atoms with Crippen LogP contribution in [0.2, 0.25) is 0 Å². The third-order valence-corrected chi connectivity index (χ3v) is 4.44. The fourth-order valence-electron chi connectivity index (χ4n) is 3.24. The van der Waals surface area contributed by atoms with Crippen LogP contribution in [0.5, 0.6) is 0 Å². The summed E-state index contributed by atoms with van der Waals surface area (Å²) in [5, 5.41) is 10.7. The highest BCUT2D eigenvalue weighted by Crippen LogP contribution is 2.38. The molecular formula is C23H25FN2O3. The summed E-state index contributed by atoms with van der Waals surface area (Å²) >= 11 is 0. The zero-order valence-corrected chi connectivity index (χ0v) is 17.1. The molecule has 0 saturated heterocycles. The van der Waals surface area contributed by atoms with Crippen molar-refractivity contribution in [2.24, 2.45) is 0 Å². The van der Waals surface area contributed by atoms with Gasteiger partial charge in [0.05, 0.1) is 12.1 Å². The molecule has 1 heterocycles. The number of carbonyl (C=O) groups excluding carboxylic acids is 1. The van der Waals surface area contributed by atoms with Gasteiger partial charge < -0.3 is 9.84 Å². The first-order valence-electron chi connectivity index (χ1n) is 9.54. The Labute approximate surface area is 169 Å². The molecule has 0 saturated carbocycles. The molecule has 0 aliphatic heterocycles. The van der Waals surface area contributed by atoms with Crippen molar-refractivity contribution < 1.29 is 19.0 Å². The number of hydrogen-bond acceptors (Lipinski definition) is 4. The van der Waals surface area contributed by atoms with Crippen molar-refractivity contribution in [3.8, 4) is 11.1 Å². The summed E-state index contributed by atoms with van der Waals surface area (Å²) in [6, 6.07) is 13.5. The van der Waals surface area contributed by atoms with Crippen LogP contribution in [0.3, 0.4) is 0 Å². The van der Waals surface area contributed by atoms with Gasteiger partial charge in [0.15, 0.2) is 0 Å². The van der Waals surface area contributed by atoms with Gasteiger partial charge in [-0.1, -0.05) is 30.3 Å². The molecule has 0 atom stereocenters. The molecule has 1 aromatic heterocycles. The molecule has 29 heavy (non-hydrogen) atoms. The zero-order valence-electron chi connectivity index (χ0n) is 17.1. The van der Waals surface area contributed by atoms with Gasteiger partial charge >= 0.3 is 6.09 Å². The van der Waals surface area contributed by atoms with Crippen molar-refractivity contribution >= 4 is 22.8 Å². The summed E-state index contributed by atoms with van der Waals surface area (Å²) in [6.07, 6.45) is -0.532. The standard InChI is InChI=1S/C23H25FN2O3/c1-5-26(22(28)29-23(2,3)4)21-20(15-9-7-6-8-10-15)18(14-27)17-13-16(24)11-12-19(17)25-21/h6-13,27H,5,14H2,1-4H3. The van der Waals surface area contributed by atoms with E-state index in [9.17, 15) is 14.3 Å². The van der Waals surface area contributed by atoms with Crippen LogP contribution in [-0.2, 0) is 11.3 Å². The normalized spacial score (nSPS) is 11.5. The number of hydrogen-bond donors (Lipinski definition) is 1. The van der Waals surface area contributed by atoms with E-state index < -0.39 is 17.5 Å². The van der Waals surface area contributed by atoms with Crippen LogP contribution in [0.4, 0.5) is 15.0 Å². The molecule has 0 radical (unpaired) electrons. The number of rotatable bonds is 4. The Morgan fingerprint density at radius 2 is 1.86 bits per heavy atom. The lowest BCUT2D eigenvalue weighted by Crippen LogP contribution is -2.37. The van der Waals surface area contributed by atoms with Crippen molar-refractivity contribution in [2.75, 3.05) is 11.4 Å². The van der Waals surface area contributed by atoms with Crippen molar-refractivity contribution in [2.45, 2.75) is 39.9 Å². The first-order chi connectivity index (χ1) is 13.7. The van der Waals surface area contributed by atoms with Crippen LogP contribution in [-0.4, -0.2) is 28.3 Å². The number of anilines is 1. The van der Waals surface area contributed by atoms with Crippen LogP contribution in [0.15, 0.2) is 48.5 Å². The van der Waals surface area contributed by atoms with Crippen LogP contribution in [0.1, 0.15) is 33.3 Å². The van der Waals surface area contributed by atoms with E-state index in [4.69, 9.17) is 4.74 Å². The number of aromatic nitrogens is 1. The van der Waals surface area contributed by atoms with Gasteiger partial charge in [0.2, 0.25) is 0 Å². The first kappa shape index (κ1) is 20.7. The summed E-state index contributed by atoms with van der Waals surface area (Å²) in [6.45, 7) is 7.21. The molecular weight excluding hydrogens is 371 g/mol. The van der Waals surface area contributed by atoms with Gasteiger partial charge in [0.1, 0.15) is 17.2 Å². The van der Waals surface area contributed by atoms with Gasteiger partial charge in [-0.15, -0.1) is 0 Å². The van der Waals surface area contributed by atoms with E-state index in [0.717, 1.165) is 5.56 Å². The number of halogens is 1. The summed E-state index contributed by atoms with van der Waals surface area (Å²) in [7, 11) is 0. The predicted molar refractivity (Wildman–Crippen MR) is 112 cm³/mol. The zero-order chi connectivity index (χ0) is 21.2. The number of pyridine rings is 1. The molecule has 0 aliphatic rings. The molecule has 0 bridgehead atoms. The maximum absolute atomic E-state index is 13.9. The molecule has 0 fully saturated rings. The van der Waals surface area contributed by atoms with Crippen LogP contribution < -0.4 is 4.90 Å². The molecule has 3 aromatic rings. The molecule has 0 unspecified atom stereocenters. The smallest absolute Gasteiger partial charge is 0.416 e. The highest BCUT2D eigenvalue weighted by Gasteiger charge is 2.27. The molecule has 0 aliphatic carbocycles. The van der Waals surface area contributed by atoms with E-state index in [1.807, 2.05) is 37.3 Å². The van der Waals surface area contributed by atoms with Gasteiger partial charge in [-0.05, 0) is 57.0 Å². The van der Waals surface area contributed by atoms with E-state index >= 15 is 0 Å². The number of benzene rings is 2. The maximum atomic E-state index is 13.9. The Bertz CT molecular complexity index is 1030. The second-order valence-electron chi connectivity index (χ2n) is 7.70. The minimum absolute atomic E-state index is 0.319. The number of fused-ring (bicyclic) bond motifs is 1. The van der Waals surface area contributed by atoms with E-state index in [-0.39, 0.29) is 6.61 Å². The largest absolute Gasteiger partial charge is 0.443 e. The van der Waals surface area contributed by atoms with Crippen molar-refractivity contribution in [3.63, 3.8) is 0 Å². The molecule has 1 amide bonds.